The second-order valence-electron chi connectivity index (χ2n) is 7.51. The molecular weight excluding hydrogens is 390 g/mol. The number of hydrogen-bond donors (Lipinski definition) is 2. The number of carboxylic acid groups (broad SMARTS) is 1. The summed E-state index contributed by atoms with van der Waals surface area (Å²) in [4.78, 5) is 43.2. The van der Waals surface area contributed by atoms with Gasteiger partial charge in [0.25, 0.3) is 5.56 Å². The Morgan fingerprint density at radius 1 is 1.31 bits per heavy atom. The van der Waals surface area contributed by atoms with E-state index >= 15 is 0 Å². The molecule has 0 aliphatic heterocycles. The Hall–Kier alpha value is -3.00. The fraction of sp³-hybridized carbons (Fsp3) is 0.333. The molecule has 1 atom stereocenters. The lowest BCUT2D eigenvalue weighted by atomic mass is 9.89. The van der Waals surface area contributed by atoms with Crippen molar-refractivity contribution in [1.29, 1.82) is 0 Å². The zero-order chi connectivity index (χ0) is 20.7. The number of carbonyl (C=O) groups excluding carboxylic acids is 1. The highest BCUT2D eigenvalue weighted by Gasteiger charge is 2.24. The van der Waals surface area contributed by atoms with E-state index in [1.165, 1.54) is 33.7 Å². The van der Waals surface area contributed by atoms with Gasteiger partial charge in [-0.2, -0.15) is 0 Å². The summed E-state index contributed by atoms with van der Waals surface area (Å²) in [5.41, 5.74) is 1.54. The van der Waals surface area contributed by atoms with Crippen molar-refractivity contribution in [2.24, 2.45) is 5.92 Å². The smallest absolute Gasteiger partial charge is 0.335 e. The Morgan fingerprint density at radius 3 is 2.72 bits per heavy atom. The Labute approximate surface area is 171 Å². The maximum atomic E-state index is 13.2. The molecule has 1 unspecified atom stereocenters. The summed E-state index contributed by atoms with van der Waals surface area (Å²) in [5.74, 6) is -0.280. The maximum absolute atomic E-state index is 13.2. The van der Waals surface area contributed by atoms with Gasteiger partial charge in [-0.3, -0.25) is 14.2 Å². The van der Waals surface area contributed by atoms with Gasteiger partial charge in [0.05, 0.1) is 10.9 Å². The summed E-state index contributed by atoms with van der Waals surface area (Å²) in [6.07, 6.45) is 2.90. The van der Waals surface area contributed by atoms with Crippen LogP contribution in [0.15, 0.2) is 29.1 Å². The quantitative estimate of drug-likeness (QED) is 0.686. The number of aromatic carboxylic acids is 1. The van der Waals surface area contributed by atoms with E-state index < -0.39 is 5.97 Å². The molecule has 0 saturated heterocycles. The average Bonchev–Trinajstić information content (AvgIpc) is 3.02. The summed E-state index contributed by atoms with van der Waals surface area (Å²) < 4.78 is 1.41. The molecule has 1 aliphatic rings. The van der Waals surface area contributed by atoms with Crippen molar-refractivity contribution in [3.63, 3.8) is 0 Å². The molecule has 150 valence electrons. The van der Waals surface area contributed by atoms with Crippen LogP contribution < -0.4 is 10.9 Å². The third kappa shape index (κ3) is 3.67. The summed E-state index contributed by atoms with van der Waals surface area (Å²) in [6, 6.07) is 5.88. The second kappa shape index (κ2) is 7.44. The highest BCUT2D eigenvalue weighted by molar-refractivity contribution is 7.18. The molecule has 2 N–H and O–H groups in total. The molecule has 29 heavy (non-hydrogen) atoms. The van der Waals surface area contributed by atoms with Gasteiger partial charge in [-0.05, 0) is 61.9 Å². The molecule has 8 heteroatoms. The topological polar surface area (TPSA) is 101 Å². The Morgan fingerprint density at radius 2 is 2.03 bits per heavy atom. The number of aryl methyl sites for hydroxylation is 2. The van der Waals surface area contributed by atoms with Crippen molar-refractivity contribution in [3.05, 3.63) is 56.4 Å². The molecule has 3 aromatic rings. The van der Waals surface area contributed by atoms with Crippen molar-refractivity contribution in [2.75, 3.05) is 5.32 Å². The van der Waals surface area contributed by atoms with Crippen LogP contribution in [-0.2, 0) is 24.2 Å². The lowest BCUT2D eigenvalue weighted by Crippen LogP contribution is -2.30. The van der Waals surface area contributed by atoms with Crippen LogP contribution in [0.25, 0.3) is 10.2 Å². The molecule has 0 bridgehead atoms. The first kappa shape index (κ1) is 19.3. The van der Waals surface area contributed by atoms with Gasteiger partial charge in [-0.15, -0.1) is 11.3 Å². The van der Waals surface area contributed by atoms with Crippen LogP contribution in [0.1, 0.15) is 40.0 Å². The molecule has 0 radical (unpaired) electrons. The molecule has 0 spiro atoms. The number of hydrogen-bond acceptors (Lipinski definition) is 5. The first-order valence-electron chi connectivity index (χ1n) is 9.48. The monoisotopic (exact) mass is 411 g/mol. The largest absolute Gasteiger partial charge is 0.478 e. The lowest BCUT2D eigenvalue weighted by Gasteiger charge is -2.17. The van der Waals surface area contributed by atoms with Gasteiger partial charge in [0.15, 0.2) is 0 Å². The molecule has 4 rings (SSSR count). The van der Waals surface area contributed by atoms with Crippen LogP contribution in [-0.4, -0.2) is 26.5 Å². The summed E-state index contributed by atoms with van der Waals surface area (Å²) in [7, 11) is 0. The van der Waals surface area contributed by atoms with Gasteiger partial charge >= 0.3 is 5.97 Å². The summed E-state index contributed by atoms with van der Waals surface area (Å²) >= 11 is 1.59. The van der Waals surface area contributed by atoms with E-state index in [4.69, 9.17) is 5.11 Å². The van der Waals surface area contributed by atoms with Crippen molar-refractivity contribution in [2.45, 2.75) is 39.7 Å². The predicted octanol–water partition coefficient (Wildman–Crippen LogP) is 3.23. The van der Waals surface area contributed by atoms with Gasteiger partial charge in [0, 0.05) is 10.6 Å². The van der Waals surface area contributed by atoms with Crippen LogP contribution in [0.3, 0.4) is 0 Å². The summed E-state index contributed by atoms with van der Waals surface area (Å²) in [5, 5.41) is 12.3. The number of carbonyl (C=O) groups is 2. The number of aromatic nitrogens is 2. The molecule has 0 fully saturated rings. The number of rotatable bonds is 4. The SMILES string of the molecule is Cc1nc2sc3c(c2c(=O)n1CC(=O)Nc1ccc(C(=O)O)cc1)CCC(C)C3. The van der Waals surface area contributed by atoms with Crippen LogP contribution in [0.2, 0.25) is 0 Å². The second-order valence-corrected chi connectivity index (χ2v) is 8.60. The number of thiophene rings is 1. The number of nitrogens with zero attached hydrogens (tertiary/aromatic N) is 2. The first-order valence-corrected chi connectivity index (χ1v) is 10.3. The maximum Gasteiger partial charge on any atom is 0.335 e. The first-order chi connectivity index (χ1) is 13.8. The van der Waals surface area contributed by atoms with Crippen molar-refractivity contribution < 1.29 is 14.7 Å². The Balaban J connectivity index is 1.61. The number of benzene rings is 1. The minimum Gasteiger partial charge on any atom is -0.478 e. The molecule has 2 aromatic heterocycles. The van der Waals surface area contributed by atoms with Crippen LogP contribution in [0, 0.1) is 12.8 Å². The number of anilines is 1. The standard InChI is InChI=1S/C21H21N3O4S/c1-11-3-8-15-16(9-11)29-19-18(15)20(26)24(12(2)22-19)10-17(25)23-14-6-4-13(5-7-14)21(27)28/h4-7,11H,3,8-10H2,1-2H3,(H,23,25)(H,27,28). The van der Waals surface area contributed by atoms with E-state index in [2.05, 4.69) is 17.2 Å². The molecule has 1 aliphatic carbocycles. The third-order valence-corrected chi connectivity index (χ3v) is 6.47. The van der Waals surface area contributed by atoms with Crippen molar-refractivity contribution in [1.82, 2.24) is 9.55 Å². The normalized spacial score (nSPS) is 15.9. The number of amides is 1. The average molecular weight is 411 g/mol. The zero-order valence-electron chi connectivity index (χ0n) is 16.2. The molecular formula is C21H21N3O4S. The Kier molecular flexibility index (Phi) is 4.96. The molecule has 0 saturated carbocycles. The van der Waals surface area contributed by atoms with Gasteiger partial charge in [-0.25, -0.2) is 9.78 Å². The lowest BCUT2D eigenvalue weighted by molar-refractivity contribution is -0.116. The van der Waals surface area contributed by atoms with Gasteiger partial charge in [-0.1, -0.05) is 6.92 Å². The van der Waals surface area contributed by atoms with Crippen molar-refractivity contribution in [3.8, 4) is 0 Å². The third-order valence-electron chi connectivity index (χ3n) is 5.32. The predicted molar refractivity (Wildman–Crippen MR) is 112 cm³/mol. The van der Waals surface area contributed by atoms with E-state index in [0.717, 1.165) is 29.7 Å². The van der Waals surface area contributed by atoms with Crippen LogP contribution in [0.4, 0.5) is 5.69 Å². The minimum atomic E-state index is -1.03. The molecule has 1 amide bonds. The van der Waals surface area contributed by atoms with Gasteiger partial charge in [0.1, 0.15) is 17.2 Å². The zero-order valence-corrected chi connectivity index (χ0v) is 17.0. The van der Waals surface area contributed by atoms with Crippen LogP contribution in [0.5, 0.6) is 0 Å². The van der Waals surface area contributed by atoms with E-state index in [1.54, 1.807) is 18.3 Å². The Bertz CT molecular complexity index is 1180. The van der Waals surface area contributed by atoms with E-state index in [0.29, 0.717) is 22.8 Å². The number of carboxylic acids is 1. The van der Waals surface area contributed by atoms with Crippen LogP contribution >= 0.6 is 11.3 Å². The van der Waals surface area contributed by atoms with E-state index in [-0.39, 0.29) is 23.6 Å². The minimum absolute atomic E-state index is 0.140. The van der Waals surface area contributed by atoms with E-state index in [1.807, 2.05) is 0 Å². The molecule has 2 heterocycles. The fourth-order valence-corrected chi connectivity index (χ4v) is 5.17. The highest BCUT2D eigenvalue weighted by Crippen LogP contribution is 2.35. The van der Waals surface area contributed by atoms with Crippen molar-refractivity contribution >= 4 is 39.1 Å². The van der Waals surface area contributed by atoms with Gasteiger partial charge in [0.2, 0.25) is 5.91 Å². The summed E-state index contributed by atoms with van der Waals surface area (Å²) in [6.45, 7) is 3.81. The molecule has 1 aromatic carbocycles. The number of nitrogens with one attached hydrogen (secondary N) is 1. The number of fused-ring (bicyclic) bond motifs is 3. The van der Waals surface area contributed by atoms with E-state index in [9.17, 15) is 14.4 Å². The van der Waals surface area contributed by atoms with Gasteiger partial charge < -0.3 is 10.4 Å². The highest BCUT2D eigenvalue weighted by atomic mass is 32.1. The molecule has 7 nitrogen and oxygen atoms in total. The fourth-order valence-electron chi connectivity index (χ4n) is 3.75.